The number of nitrogens with one attached hydrogen (secondary N) is 2. The summed E-state index contributed by atoms with van der Waals surface area (Å²) in [6.07, 6.45) is 0.496. The van der Waals surface area contributed by atoms with E-state index in [4.69, 9.17) is 4.74 Å². The number of methoxy groups -OCH3 is 1. The molecule has 2 N–H and O–H groups in total. The van der Waals surface area contributed by atoms with E-state index in [9.17, 15) is 9.59 Å². The van der Waals surface area contributed by atoms with E-state index in [2.05, 4.69) is 10.6 Å². The van der Waals surface area contributed by atoms with Crippen LogP contribution in [0.5, 0.6) is 5.75 Å². The van der Waals surface area contributed by atoms with Crippen LogP contribution in [0.15, 0.2) is 54.6 Å². The Balaban J connectivity index is 1.71. The van der Waals surface area contributed by atoms with Crippen LogP contribution in [0.25, 0.3) is 0 Å². The number of hydrogen-bond donors (Lipinski definition) is 2. The second-order valence-electron chi connectivity index (χ2n) is 5.04. The molecule has 2 amide bonds. The molecule has 2 rings (SSSR count). The van der Waals surface area contributed by atoms with E-state index in [-0.39, 0.29) is 18.2 Å². The van der Waals surface area contributed by atoms with Gasteiger partial charge < -0.3 is 15.4 Å². The average molecular weight is 312 g/mol. The van der Waals surface area contributed by atoms with Crippen LogP contribution in [0.1, 0.15) is 12.0 Å². The number of rotatable bonds is 7. The third-order valence-electron chi connectivity index (χ3n) is 3.25. The predicted octanol–water partition coefficient (Wildman–Crippen LogP) is 2.38. The molecule has 0 aromatic heterocycles. The molecule has 0 spiro atoms. The highest BCUT2D eigenvalue weighted by Gasteiger charge is 2.09. The van der Waals surface area contributed by atoms with Crippen molar-refractivity contribution < 1.29 is 14.3 Å². The van der Waals surface area contributed by atoms with Crippen LogP contribution in [0.2, 0.25) is 0 Å². The second-order valence-corrected chi connectivity index (χ2v) is 5.04. The van der Waals surface area contributed by atoms with Crippen LogP contribution in [-0.2, 0) is 16.0 Å². The molecule has 0 bridgehead atoms. The molecule has 5 nitrogen and oxygen atoms in total. The standard InChI is InChI=1S/C18H20N2O3/c1-23-16-9-5-6-14(12-16)10-11-19-17(21)13-18(22)20-15-7-3-2-4-8-15/h2-9,12H,10-11,13H2,1H3,(H,19,21)(H,20,22). The Labute approximate surface area is 135 Å². The summed E-state index contributed by atoms with van der Waals surface area (Å²) in [7, 11) is 1.62. The summed E-state index contributed by atoms with van der Waals surface area (Å²) >= 11 is 0. The monoisotopic (exact) mass is 312 g/mol. The molecule has 2 aromatic carbocycles. The molecule has 0 saturated carbocycles. The van der Waals surface area contributed by atoms with Gasteiger partial charge in [0.15, 0.2) is 0 Å². The van der Waals surface area contributed by atoms with Crippen LogP contribution in [0.3, 0.4) is 0 Å². The zero-order valence-electron chi connectivity index (χ0n) is 13.0. The number of hydrogen-bond acceptors (Lipinski definition) is 3. The summed E-state index contributed by atoms with van der Waals surface area (Å²) in [6.45, 7) is 0.477. The van der Waals surface area contributed by atoms with Crippen LogP contribution in [0.4, 0.5) is 5.69 Å². The molecule has 0 aliphatic heterocycles. The lowest BCUT2D eigenvalue weighted by Crippen LogP contribution is -2.29. The van der Waals surface area contributed by atoms with E-state index in [0.717, 1.165) is 11.3 Å². The third-order valence-corrected chi connectivity index (χ3v) is 3.25. The summed E-state index contributed by atoms with van der Waals surface area (Å²) in [4.78, 5) is 23.5. The number of para-hydroxylation sites is 1. The van der Waals surface area contributed by atoms with Crippen molar-refractivity contribution in [3.8, 4) is 5.75 Å². The van der Waals surface area contributed by atoms with Gasteiger partial charge in [0.1, 0.15) is 12.2 Å². The van der Waals surface area contributed by atoms with Gasteiger partial charge in [0.05, 0.1) is 7.11 Å². The first kappa shape index (κ1) is 16.5. The quantitative estimate of drug-likeness (QED) is 0.771. The third kappa shape index (κ3) is 5.82. The van der Waals surface area contributed by atoms with Gasteiger partial charge in [0.25, 0.3) is 0 Å². The minimum absolute atomic E-state index is 0.187. The van der Waals surface area contributed by atoms with E-state index in [1.807, 2.05) is 42.5 Å². The van der Waals surface area contributed by atoms with Gasteiger partial charge in [-0.15, -0.1) is 0 Å². The molecule has 120 valence electrons. The number of anilines is 1. The molecule has 23 heavy (non-hydrogen) atoms. The summed E-state index contributed by atoms with van der Waals surface area (Å²) in [5.41, 5.74) is 1.75. The zero-order chi connectivity index (χ0) is 16.5. The van der Waals surface area contributed by atoms with E-state index >= 15 is 0 Å². The number of carbonyl (C=O) groups is 2. The predicted molar refractivity (Wildman–Crippen MR) is 89.4 cm³/mol. The highest BCUT2D eigenvalue weighted by atomic mass is 16.5. The maximum Gasteiger partial charge on any atom is 0.233 e. The smallest absolute Gasteiger partial charge is 0.233 e. The molecule has 0 fully saturated rings. The Hall–Kier alpha value is -2.82. The van der Waals surface area contributed by atoms with Gasteiger partial charge in [0.2, 0.25) is 11.8 Å². The molecular formula is C18H20N2O3. The largest absolute Gasteiger partial charge is 0.497 e. The summed E-state index contributed by atoms with van der Waals surface area (Å²) < 4.78 is 5.15. The van der Waals surface area contributed by atoms with Crippen LogP contribution in [-0.4, -0.2) is 25.5 Å². The number of ether oxygens (including phenoxy) is 1. The number of amides is 2. The summed E-state index contributed by atoms with van der Waals surface area (Å²) in [5.74, 6) is 0.174. The molecule has 0 unspecified atom stereocenters. The first-order valence-corrected chi connectivity index (χ1v) is 7.42. The molecule has 5 heteroatoms. The Morgan fingerprint density at radius 3 is 2.52 bits per heavy atom. The highest BCUT2D eigenvalue weighted by molar-refractivity contribution is 6.03. The molecule has 0 heterocycles. The molecule has 0 saturated heterocycles. The fourth-order valence-corrected chi connectivity index (χ4v) is 2.11. The summed E-state index contributed by atoms with van der Waals surface area (Å²) in [5, 5.41) is 5.42. The Morgan fingerprint density at radius 1 is 1.00 bits per heavy atom. The average Bonchev–Trinajstić information content (AvgIpc) is 2.56. The van der Waals surface area contributed by atoms with Gasteiger partial charge in [0, 0.05) is 12.2 Å². The Kier molecular flexibility index (Phi) is 6.17. The molecule has 0 aliphatic carbocycles. The minimum Gasteiger partial charge on any atom is -0.497 e. The van der Waals surface area contributed by atoms with Crippen molar-refractivity contribution in [3.63, 3.8) is 0 Å². The lowest BCUT2D eigenvalue weighted by Gasteiger charge is -2.07. The maximum absolute atomic E-state index is 11.8. The van der Waals surface area contributed by atoms with Crippen molar-refractivity contribution >= 4 is 17.5 Å². The van der Waals surface area contributed by atoms with Gasteiger partial charge in [-0.1, -0.05) is 30.3 Å². The van der Waals surface area contributed by atoms with Crippen LogP contribution in [0, 0.1) is 0 Å². The second kappa shape index (κ2) is 8.58. The van der Waals surface area contributed by atoms with Gasteiger partial charge >= 0.3 is 0 Å². The topological polar surface area (TPSA) is 67.4 Å². The molecule has 0 radical (unpaired) electrons. The van der Waals surface area contributed by atoms with Crippen LogP contribution >= 0.6 is 0 Å². The first-order chi connectivity index (χ1) is 11.2. The normalized spacial score (nSPS) is 9.96. The Bertz CT molecular complexity index is 656. The highest BCUT2D eigenvalue weighted by Crippen LogP contribution is 2.12. The Morgan fingerprint density at radius 2 is 1.78 bits per heavy atom. The first-order valence-electron chi connectivity index (χ1n) is 7.42. The van der Waals surface area contributed by atoms with E-state index in [1.54, 1.807) is 19.2 Å². The van der Waals surface area contributed by atoms with Gasteiger partial charge in [-0.25, -0.2) is 0 Å². The lowest BCUT2D eigenvalue weighted by atomic mass is 10.1. The van der Waals surface area contributed by atoms with Crippen molar-refractivity contribution in [3.05, 3.63) is 60.2 Å². The van der Waals surface area contributed by atoms with Gasteiger partial charge in [-0.05, 0) is 36.2 Å². The lowest BCUT2D eigenvalue weighted by molar-refractivity contribution is -0.126. The van der Waals surface area contributed by atoms with Crippen LogP contribution < -0.4 is 15.4 Å². The minimum atomic E-state index is -0.324. The van der Waals surface area contributed by atoms with Gasteiger partial charge in [-0.2, -0.15) is 0 Å². The van der Waals surface area contributed by atoms with Crippen molar-refractivity contribution in [2.75, 3.05) is 19.0 Å². The van der Waals surface area contributed by atoms with E-state index in [1.165, 1.54) is 0 Å². The van der Waals surface area contributed by atoms with Crippen molar-refractivity contribution in [2.24, 2.45) is 0 Å². The SMILES string of the molecule is COc1cccc(CCNC(=O)CC(=O)Nc2ccccc2)c1. The summed E-state index contributed by atoms with van der Waals surface area (Å²) in [6, 6.07) is 16.7. The molecular weight excluding hydrogens is 292 g/mol. The number of benzene rings is 2. The molecule has 2 aromatic rings. The fraction of sp³-hybridized carbons (Fsp3) is 0.222. The van der Waals surface area contributed by atoms with E-state index < -0.39 is 0 Å². The zero-order valence-corrected chi connectivity index (χ0v) is 13.0. The van der Waals surface area contributed by atoms with Gasteiger partial charge in [-0.3, -0.25) is 9.59 Å². The number of carbonyl (C=O) groups excluding carboxylic acids is 2. The maximum atomic E-state index is 11.8. The fourth-order valence-electron chi connectivity index (χ4n) is 2.11. The van der Waals surface area contributed by atoms with E-state index in [0.29, 0.717) is 18.7 Å². The molecule has 0 aliphatic rings. The van der Waals surface area contributed by atoms with Crippen molar-refractivity contribution in [1.29, 1.82) is 0 Å². The van der Waals surface area contributed by atoms with Crippen molar-refractivity contribution in [2.45, 2.75) is 12.8 Å². The molecule has 0 atom stereocenters. The van der Waals surface area contributed by atoms with Crippen molar-refractivity contribution in [1.82, 2.24) is 5.32 Å².